The van der Waals surface area contributed by atoms with Crippen molar-refractivity contribution in [2.24, 2.45) is 5.73 Å². The normalized spacial score (nSPS) is 11.2. The SMILES string of the molecule is [C-]#[N+]c1c(Cl)nc(N[C@@H](C(N)=O)c2ccccc2)c(C#N)c1CC. The van der Waals surface area contributed by atoms with Crippen molar-refractivity contribution < 1.29 is 4.79 Å². The third kappa shape index (κ3) is 3.29. The summed E-state index contributed by atoms with van der Waals surface area (Å²) in [6.45, 7) is 9.03. The molecule has 0 bridgehead atoms. The predicted molar refractivity (Wildman–Crippen MR) is 91.6 cm³/mol. The number of pyridine rings is 1. The number of primary amides is 1. The molecule has 0 spiro atoms. The number of carbonyl (C=O) groups is 1. The van der Waals surface area contributed by atoms with Gasteiger partial charge in [-0.25, -0.2) is 9.83 Å². The van der Waals surface area contributed by atoms with Crippen LogP contribution >= 0.6 is 11.6 Å². The lowest BCUT2D eigenvalue weighted by atomic mass is 10.0. The fraction of sp³-hybridized carbons (Fsp3) is 0.176. The van der Waals surface area contributed by atoms with Crippen LogP contribution in [0, 0.1) is 17.9 Å². The van der Waals surface area contributed by atoms with Crippen molar-refractivity contribution in [3.05, 3.63) is 63.6 Å². The first-order valence-electron chi connectivity index (χ1n) is 7.14. The lowest BCUT2D eigenvalue weighted by Gasteiger charge is -2.19. The van der Waals surface area contributed by atoms with Crippen LogP contribution in [0.5, 0.6) is 0 Å². The molecule has 3 N–H and O–H groups in total. The second-order valence-electron chi connectivity index (χ2n) is 4.92. The predicted octanol–water partition coefficient (Wildman–Crippen LogP) is 3.36. The van der Waals surface area contributed by atoms with Gasteiger partial charge in [0.2, 0.25) is 11.6 Å². The van der Waals surface area contributed by atoms with Crippen molar-refractivity contribution in [3.8, 4) is 6.07 Å². The van der Waals surface area contributed by atoms with Gasteiger partial charge in [0, 0.05) is 0 Å². The van der Waals surface area contributed by atoms with Crippen LogP contribution in [0.3, 0.4) is 0 Å². The quantitative estimate of drug-likeness (QED) is 0.644. The van der Waals surface area contributed by atoms with Crippen LogP contribution in [0.1, 0.15) is 29.7 Å². The number of nitrogens with one attached hydrogen (secondary N) is 1. The lowest BCUT2D eigenvalue weighted by molar-refractivity contribution is -0.118. The van der Waals surface area contributed by atoms with E-state index in [0.717, 1.165) is 0 Å². The maximum absolute atomic E-state index is 11.8. The van der Waals surface area contributed by atoms with E-state index in [1.54, 1.807) is 24.3 Å². The Kier molecular flexibility index (Phi) is 5.36. The fourth-order valence-corrected chi connectivity index (χ4v) is 2.62. The van der Waals surface area contributed by atoms with Gasteiger partial charge in [-0.2, -0.15) is 5.26 Å². The molecule has 2 rings (SSSR count). The minimum atomic E-state index is -0.870. The van der Waals surface area contributed by atoms with Crippen molar-refractivity contribution >= 4 is 29.0 Å². The Labute approximate surface area is 144 Å². The maximum atomic E-state index is 11.8. The number of nitriles is 1. The topological polar surface area (TPSA) is 96.2 Å². The summed E-state index contributed by atoms with van der Waals surface area (Å²) in [6.07, 6.45) is 0.435. The molecule has 1 atom stereocenters. The van der Waals surface area contributed by atoms with Gasteiger partial charge >= 0.3 is 0 Å². The minimum Gasteiger partial charge on any atom is -0.368 e. The first kappa shape index (κ1) is 17.3. The zero-order valence-electron chi connectivity index (χ0n) is 12.9. The molecule has 1 aromatic carbocycles. The summed E-state index contributed by atoms with van der Waals surface area (Å²) in [6, 6.07) is 10.0. The molecule has 0 radical (unpaired) electrons. The van der Waals surface area contributed by atoms with Crippen molar-refractivity contribution in [2.75, 3.05) is 5.32 Å². The highest BCUT2D eigenvalue weighted by Gasteiger charge is 2.23. The van der Waals surface area contributed by atoms with Crippen LogP contribution in [0.25, 0.3) is 4.85 Å². The second kappa shape index (κ2) is 7.45. The molecule has 0 saturated carbocycles. The highest BCUT2D eigenvalue weighted by molar-refractivity contribution is 6.32. The van der Waals surface area contributed by atoms with Gasteiger partial charge < -0.3 is 11.1 Å². The van der Waals surface area contributed by atoms with Gasteiger partial charge in [-0.15, -0.1) is 0 Å². The second-order valence-corrected chi connectivity index (χ2v) is 5.28. The van der Waals surface area contributed by atoms with E-state index in [4.69, 9.17) is 23.9 Å². The van der Waals surface area contributed by atoms with Crippen LogP contribution in [0.15, 0.2) is 30.3 Å². The van der Waals surface area contributed by atoms with E-state index in [9.17, 15) is 10.1 Å². The van der Waals surface area contributed by atoms with Crippen LogP contribution in [0.4, 0.5) is 11.5 Å². The van der Waals surface area contributed by atoms with Crippen molar-refractivity contribution in [2.45, 2.75) is 19.4 Å². The monoisotopic (exact) mass is 339 g/mol. The Morgan fingerprint density at radius 2 is 2.17 bits per heavy atom. The largest absolute Gasteiger partial charge is 0.368 e. The number of amides is 1. The first-order chi connectivity index (χ1) is 11.5. The lowest BCUT2D eigenvalue weighted by Crippen LogP contribution is -2.28. The van der Waals surface area contributed by atoms with Crippen LogP contribution in [-0.4, -0.2) is 10.9 Å². The van der Waals surface area contributed by atoms with Crippen LogP contribution < -0.4 is 11.1 Å². The zero-order valence-corrected chi connectivity index (χ0v) is 13.6. The molecule has 0 saturated heterocycles. The molecule has 1 amide bonds. The zero-order chi connectivity index (χ0) is 17.7. The third-order valence-electron chi connectivity index (χ3n) is 3.51. The first-order valence-corrected chi connectivity index (χ1v) is 7.52. The Balaban J connectivity index is 2.56. The summed E-state index contributed by atoms with van der Waals surface area (Å²) in [4.78, 5) is 19.3. The smallest absolute Gasteiger partial charge is 0.244 e. The molecule has 7 heteroatoms. The fourth-order valence-electron chi connectivity index (χ4n) is 2.38. The molecular formula is C17H14ClN5O. The standard InChI is InChI=1S/C17H14ClN5O/c1-3-11-12(9-19)17(23-15(18)14(11)21-2)22-13(16(20)24)10-7-5-4-6-8-10/h4-8,13H,3H2,1H3,(H2,20,24)(H,22,23)/t13-/m1/s1. The number of hydrogen-bond donors (Lipinski definition) is 2. The van der Waals surface area contributed by atoms with Crippen molar-refractivity contribution in [1.29, 1.82) is 5.26 Å². The van der Waals surface area contributed by atoms with Gasteiger partial charge in [-0.1, -0.05) is 48.9 Å². The summed E-state index contributed by atoms with van der Waals surface area (Å²) in [7, 11) is 0. The molecule has 0 aliphatic heterocycles. The molecule has 0 aliphatic carbocycles. The summed E-state index contributed by atoms with van der Waals surface area (Å²) in [5, 5.41) is 12.3. The van der Waals surface area contributed by atoms with E-state index >= 15 is 0 Å². The molecule has 1 heterocycles. The summed E-state index contributed by atoms with van der Waals surface area (Å²) in [5.74, 6) is -0.477. The Morgan fingerprint density at radius 3 is 2.67 bits per heavy atom. The number of carbonyl (C=O) groups excluding carboxylic acids is 1. The number of hydrogen-bond acceptors (Lipinski definition) is 4. The summed E-state index contributed by atoms with van der Waals surface area (Å²) < 4.78 is 0. The molecule has 0 unspecified atom stereocenters. The van der Waals surface area contributed by atoms with Gasteiger partial charge in [0.05, 0.1) is 12.1 Å². The molecule has 0 aliphatic rings. The Bertz CT molecular complexity index is 852. The molecule has 1 aromatic heterocycles. The van der Waals surface area contributed by atoms with Crippen molar-refractivity contribution in [1.82, 2.24) is 4.98 Å². The molecule has 6 nitrogen and oxygen atoms in total. The number of anilines is 1. The van der Waals surface area contributed by atoms with Gasteiger partial charge in [0.1, 0.15) is 23.1 Å². The van der Waals surface area contributed by atoms with E-state index in [-0.39, 0.29) is 22.2 Å². The molecule has 24 heavy (non-hydrogen) atoms. The van der Waals surface area contributed by atoms with E-state index < -0.39 is 11.9 Å². The minimum absolute atomic E-state index is 0.0142. The van der Waals surface area contributed by atoms with Gasteiger partial charge in [0.15, 0.2) is 0 Å². The van der Waals surface area contributed by atoms with Gasteiger partial charge in [0.25, 0.3) is 0 Å². The van der Waals surface area contributed by atoms with E-state index in [0.29, 0.717) is 17.5 Å². The third-order valence-corrected chi connectivity index (χ3v) is 3.77. The van der Waals surface area contributed by atoms with Crippen LogP contribution in [-0.2, 0) is 11.2 Å². The molecule has 120 valence electrons. The number of nitrogens with two attached hydrogens (primary N) is 1. The van der Waals surface area contributed by atoms with Gasteiger partial charge in [-0.3, -0.25) is 4.79 Å². The van der Waals surface area contributed by atoms with Gasteiger partial charge in [-0.05, 0) is 17.5 Å². The van der Waals surface area contributed by atoms with Crippen molar-refractivity contribution in [3.63, 3.8) is 0 Å². The number of benzene rings is 1. The summed E-state index contributed by atoms with van der Waals surface area (Å²) >= 11 is 6.06. The molecule has 2 aromatic rings. The van der Waals surface area contributed by atoms with E-state index in [1.807, 2.05) is 19.1 Å². The molecule has 0 fully saturated rings. The summed E-state index contributed by atoms with van der Waals surface area (Å²) in [5.41, 5.74) is 6.95. The number of nitrogens with zero attached hydrogens (tertiary/aromatic N) is 3. The number of halogens is 1. The average Bonchev–Trinajstić information content (AvgIpc) is 2.59. The highest BCUT2D eigenvalue weighted by atomic mass is 35.5. The molecular weight excluding hydrogens is 326 g/mol. The highest BCUT2D eigenvalue weighted by Crippen LogP contribution is 2.35. The maximum Gasteiger partial charge on any atom is 0.244 e. The number of rotatable bonds is 5. The average molecular weight is 340 g/mol. The van der Waals surface area contributed by atoms with Crippen LogP contribution in [0.2, 0.25) is 5.15 Å². The Morgan fingerprint density at radius 1 is 1.50 bits per heavy atom. The number of aromatic nitrogens is 1. The van der Waals surface area contributed by atoms with E-state index in [2.05, 4.69) is 15.1 Å². The van der Waals surface area contributed by atoms with E-state index in [1.165, 1.54) is 0 Å². The Hall–Kier alpha value is -3.09.